The SMILES string of the molecule is CCOc1ncccc1CN=C(N)NCC(C)C.I. The summed E-state index contributed by atoms with van der Waals surface area (Å²) >= 11 is 0. The lowest BCUT2D eigenvalue weighted by atomic mass is 10.2. The number of ether oxygens (including phenoxy) is 1. The number of hydrogen-bond acceptors (Lipinski definition) is 3. The number of halogens is 1. The molecule has 1 aromatic heterocycles. The fraction of sp³-hybridized carbons (Fsp3) is 0.538. The van der Waals surface area contributed by atoms with E-state index in [1.54, 1.807) is 6.20 Å². The van der Waals surface area contributed by atoms with Gasteiger partial charge in [0.2, 0.25) is 5.88 Å². The van der Waals surface area contributed by atoms with Crippen molar-refractivity contribution in [3.63, 3.8) is 0 Å². The van der Waals surface area contributed by atoms with Crippen LogP contribution in [-0.4, -0.2) is 24.1 Å². The van der Waals surface area contributed by atoms with Gasteiger partial charge in [-0.3, -0.25) is 0 Å². The molecule has 108 valence electrons. The Balaban J connectivity index is 0.00000324. The molecule has 0 aromatic carbocycles. The van der Waals surface area contributed by atoms with E-state index in [9.17, 15) is 0 Å². The summed E-state index contributed by atoms with van der Waals surface area (Å²) in [6, 6.07) is 3.81. The molecule has 0 unspecified atom stereocenters. The second-order valence-electron chi connectivity index (χ2n) is 4.38. The molecule has 0 bridgehead atoms. The van der Waals surface area contributed by atoms with E-state index in [0.717, 1.165) is 12.1 Å². The van der Waals surface area contributed by atoms with Crippen molar-refractivity contribution in [1.82, 2.24) is 10.3 Å². The first kappa shape index (κ1) is 17.9. The molecule has 1 rings (SSSR count). The molecule has 6 heteroatoms. The van der Waals surface area contributed by atoms with E-state index < -0.39 is 0 Å². The molecule has 3 N–H and O–H groups in total. The average Bonchev–Trinajstić information content (AvgIpc) is 2.35. The lowest BCUT2D eigenvalue weighted by molar-refractivity contribution is 0.323. The Labute approximate surface area is 132 Å². The predicted molar refractivity (Wildman–Crippen MR) is 89.0 cm³/mol. The van der Waals surface area contributed by atoms with Gasteiger partial charge in [-0.05, 0) is 18.9 Å². The van der Waals surface area contributed by atoms with Gasteiger partial charge in [-0.15, -0.1) is 24.0 Å². The monoisotopic (exact) mass is 378 g/mol. The molecule has 0 fully saturated rings. The molecule has 0 aliphatic heterocycles. The summed E-state index contributed by atoms with van der Waals surface area (Å²) in [5.41, 5.74) is 6.71. The number of guanidine groups is 1. The van der Waals surface area contributed by atoms with E-state index in [1.807, 2.05) is 19.1 Å². The van der Waals surface area contributed by atoms with Gasteiger partial charge < -0.3 is 15.8 Å². The molecule has 5 nitrogen and oxygen atoms in total. The number of hydrogen-bond donors (Lipinski definition) is 2. The van der Waals surface area contributed by atoms with Crippen LogP contribution >= 0.6 is 24.0 Å². The van der Waals surface area contributed by atoms with Crippen molar-refractivity contribution in [3.8, 4) is 5.88 Å². The third-order valence-corrected chi connectivity index (χ3v) is 2.24. The second-order valence-corrected chi connectivity index (χ2v) is 4.38. The van der Waals surface area contributed by atoms with Crippen LogP contribution in [0.1, 0.15) is 26.3 Å². The first-order valence-corrected chi connectivity index (χ1v) is 6.24. The van der Waals surface area contributed by atoms with Crippen molar-refractivity contribution in [2.75, 3.05) is 13.2 Å². The minimum absolute atomic E-state index is 0. The number of rotatable bonds is 6. The molecule has 0 atom stereocenters. The van der Waals surface area contributed by atoms with Crippen LogP contribution in [0.5, 0.6) is 5.88 Å². The van der Waals surface area contributed by atoms with Crippen molar-refractivity contribution >= 4 is 29.9 Å². The molecule has 0 amide bonds. The number of pyridine rings is 1. The molecule has 0 saturated heterocycles. The highest BCUT2D eigenvalue weighted by molar-refractivity contribution is 14.0. The van der Waals surface area contributed by atoms with Crippen LogP contribution in [0.4, 0.5) is 0 Å². The Kier molecular flexibility index (Phi) is 9.28. The quantitative estimate of drug-likeness (QED) is 0.452. The van der Waals surface area contributed by atoms with Crippen LogP contribution < -0.4 is 15.8 Å². The van der Waals surface area contributed by atoms with E-state index in [0.29, 0.717) is 30.9 Å². The highest BCUT2D eigenvalue weighted by Crippen LogP contribution is 2.14. The van der Waals surface area contributed by atoms with Crippen molar-refractivity contribution in [1.29, 1.82) is 0 Å². The minimum Gasteiger partial charge on any atom is -0.478 e. The number of nitrogens with one attached hydrogen (secondary N) is 1. The van der Waals surface area contributed by atoms with E-state index >= 15 is 0 Å². The van der Waals surface area contributed by atoms with Gasteiger partial charge in [0.05, 0.1) is 13.2 Å². The zero-order chi connectivity index (χ0) is 13.4. The lowest BCUT2D eigenvalue weighted by Crippen LogP contribution is -2.34. The van der Waals surface area contributed by atoms with Gasteiger partial charge in [0.15, 0.2) is 5.96 Å². The fourth-order valence-corrected chi connectivity index (χ4v) is 1.35. The Morgan fingerprint density at radius 3 is 2.89 bits per heavy atom. The first-order chi connectivity index (χ1) is 8.63. The summed E-state index contributed by atoms with van der Waals surface area (Å²) in [5.74, 6) is 1.62. The van der Waals surface area contributed by atoms with Gasteiger partial charge in [0, 0.05) is 18.3 Å². The van der Waals surface area contributed by atoms with Gasteiger partial charge in [-0.2, -0.15) is 0 Å². The van der Waals surface area contributed by atoms with Crippen molar-refractivity contribution < 1.29 is 4.74 Å². The van der Waals surface area contributed by atoms with E-state index in [-0.39, 0.29) is 24.0 Å². The van der Waals surface area contributed by atoms with Gasteiger partial charge in [0.25, 0.3) is 0 Å². The van der Waals surface area contributed by atoms with Crippen LogP contribution in [-0.2, 0) is 6.54 Å². The standard InChI is InChI=1S/C13H22N4O.HI/c1-4-18-12-11(6-5-7-15-12)9-17-13(14)16-8-10(2)3;/h5-7,10H,4,8-9H2,1-3H3,(H3,14,16,17);1H. The summed E-state index contributed by atoms with van der Waals surface area (Å²) in [6.07, 6.45) is 1.71. The molecule has 19 heavy (non-hydrogen) atoms. The van der Waals surface area contributed by atoms with E-state index in [4.69, 9.17) is 10.5 Å². The molecule has 1 aromatic rings. The van der Waals surface area contributed by atoms with Gasteiger partial charge in [-0.1, -0.05) is 19.9 Å². The summed E-state index contributed by atoms with van der Waals surface area (Å²) in [4.78, 5) is 8.44. The number of nitrogens with zero attached hydrogens (tertiary/aromatic N) is 2. The largest absolute Gasteiger partial charge is 0.478 e. The number of aromatic nitrogens is 1. The smallest absolute Gasteiger partial charge is 0.218 e. The summed E-state index contributed by atoms with van der Waals surface area (Å²) < 4.78 is 5.43. The second kappa shape index (κ2) is 9.82. The van der Waals surface area contributed by atoms with Gasteiger partial charge in [0.1, 0.15) is 0 Å². The van der Waals surface area contributed by atoms with Crippen LogP contribution in [0, 0.1) is 5.92 Å². The molecular weight excluding hydrogens is 355 g/mol. The molecule has 0 spiro atoms. The topological polar surface area (TPSA) is 72.5 Å². The number of nitrogens with two attached hydrogens (primary N) is 1. The first-order valence-electron chi connectivity index (χ1n) is 6.24. The average molecular weight is 378 g/mol. The van der Waals surface area contributed by atoms with Crippen LogP contribution in [0.25, 0.3) is 0 Å². The third kappa shape index (κ3) is 7.19. The van der Waals surface area contributed by atoms with Crippen molar-refractivity contribution in [3.05, 3.63) is 23.9 Å². The Bertz CT molecular complexity index is 396. The van der Waals surface area contributed by atoms with Crippen LogP contribution in [0.15, 0.2) is 23.3 Å². The summed E-state index contributed by atoms with van der Waals surface area (Å²) in [7, 11) is 0. The Morgan fingerprint density at radius 1 is 1.53 bits per heavy atom. The van der Waals surface area contributed by atoms with Crippen molar-refractivity contribution in [2.45, 2.75) is 27.3 Å². The Hall–Kier alpha value is -1.05. The molecule has 1 heterocycles. The zero-order valence-electron chi connectivity index (χ0n) is 11.7. The normalized spacial score (nSPS) is 11.1. The predicted octanol–water partition coefficient (Wildman–Crippen LogP) is 2.16. The maximum absolute atomic E-state index is 5.77. The van der Waals surface area contributed by atoms with Crippen molar-refractivity contribution in [2.24, 2.45) is 16.6 Å². The Morgan fingerprint density at radius 2 is 2.26 bits per heavy atom. The highest BCUT2D eigenvalue weighted by Gasteiger charge is 2.03. The van der Waals surface area contributed by atoms with Crippen LogP contribution in [0.2, 0.25) is 0 Å². The maximum atomic E-state index is 5.77. The van der Waals surface area contributed by atoms with Gasteiger partial charge >= 0.3 is 0 Å². The molecule has 0 radical (unpaired) electrons. The highest BCUT2D eigenvalue weighted by atomic mass is 127. The van der Waals surface area contributed by atoms with E-state index in [1.165, 1.54) is 0 Å². The minimum atomic E-state index is 0. The zero-order valence-corrected chi connectivity index (χ0v) is 14.0. The summed E-state index contributed by atoms with van der Waals surface area (Å²) in [5, 5.41) is 3.07. The van der Waals surface area contributed by atoms with E-state index in [2.05, 4.69) is 29.1 Å². The molecule has 0 saturated carbocycles. The lowest BCUT2D eigenvalue weighted by Gasteiger charge is -2.09. The molecule has 0 aliphatic carbocycles. The molecule has 0 aliphatic rings. The summed E-state index contributed by atoms with van der Waals surface area (Å²) in [6.45, 7) is 8.05. The van der Waals surface area contributed by atoms with Gasteiger partial charge in [-0.25, -0.2) is 9.98 Å². The third-order valence-electron chi connectivity index (χ3n) is 2.24. The number of aliphatic imine (C=N–C) groups is 1. The maximum Gasteiger partial charge on any atom is 0.218 e. The van der Waals surface area contributed by atoms with Crippen LogP contribution in [0.3, 0.4) is 0 Å². The molecular formula is C13H23IN4O. The fourth-order valence-electron chi connectivity index (χ4n) is 1.35.